The quantitative estimate of drug-likeness (QED) is 0.515. The number of rotatable bonds is 7. The number of anilines is 1. The topological polar surface area (TPSA) is 68.8 Å². The Morgan fingerprint density at radius 1 is 1.23 bits per heavy atom. The van der Waals surface area contributed by atoms with Crippen LogP contribution in [0.15, 0.2) is 29.3 Å². The van der Waals surface area contributed by atoms with Gasteiger partial charge in [-0.05, 0) is 43.4 Å². The van der Waals surface area contributed by atoms with E-state index in [1.54, 1.807) is 7.05 Å². The number of carbonyl (C=O) groups excluding carboxylic acids is 1. The molecule has 0 bridgehead atoms. The Hall–Kier alpha value is -2.24. The Bertz CT molecular complexity index is 597. The lowest BCUT2D eigenvalue weighted by Gasteiger charge is -2.28. The van der Waals surface area contributed by atoms with Crippen LogP contribution in [0.1, 0.15) is 39.2 Å². The molecule has 6 heteroatoms. The average Bonchev–Trinajstić information content (AvgIpc) is 2.64. The van der Waals surface area contributed by atoms with E-state index in [-0.39, 0.29) is 5.91 Å². The SMILES string of the molecule is CN=C(NCc1ccc(N2CCNC(=O)C2)cc1)NC(C)CCC(C)C. The first-order valence-electron chi connectivity index (χ1n) is 9.55. The number of carbonyl (C=O) groups is 1. The van der Waals surface area contributed by atoms with Gasteiger partial charge in [-0.25, -0.2) is 0 Å². The van der Waals surface area contributed by atoms with E-state index in [1.165, 1.54) is 12.0 Å². The maximum Gasteiger partial charge on any atom is 0.239 e. The van der Waals surface area contributed by atoms with Crippen molar-refractivity contribution >= 4 is 17.6 Å². The Morgan fingerprint density at radius 2 is 1.96 bits per heavy atom. The third-order valence-corrected chi connectivity index (χ3v) is 4.58. The second-order valence-corrected chi connectivity index (χ2v) is 7.38. The van der Waals surface area contributed by atoms with Gasteiger partial charge in [0.15, 0.2) is 5.96 Å². The molecule has 144 valence electrons. The number of benzene rings is 1. The lowest BCUT2D eigenvalue weighted by Crippen LogP contribution is -2.47. The molecule has 1 aliphatic rings. The fraction of sp³-hybridized carbons (Fsp3) is 0.600. The van der Waals surface area contributed by atoms with Crippen LogP contribution in [0.3, 0.4) is 0 Å². The van der Waals surface area contributed by atoms with Gasteiger partial charge in [0, 0.05) is 38.4 Å². The first-order valence-corrected chi connectivity index (χ1v) is 9.55. The molecule has 0 aliphatic carbocycles. The van der Waals surface area contributed by atoms with Crippen LogP contribution in [-0.2, 0) is 11.3 Å². The van der Waals surface area contributed by atoms with E-state index >= 15 is 0 Å². The predicted molar refractivity (Wildman–Crippen MR) is 109 cm³/mol. The second-order valence-electron chi connectivity index (χ2n) is 7.38. The Morgan fingerprint density at radius 3 is 2.58 bits per heavy atom. The van der Waals surface area contributed by atoms with Crippen LogP contribution in [0.2, 0.25) is 0 Å². The summed E-state index contributed by atoms with van der Waals surface area (Å²) in [5.41, 5.74) is 2.28. The number of nitrogens with one attached hydrogen (secondary N) is 3. The van der Waals surface area contributed by atoms with Gasteiger partial charge in [0.2, 0.25) is 5.91 Å². The molecule has 0 saturated carbocycles. The number of amides is 1. The number of guanidine groups is 1. The minimum Gasteiger partial charge on any atom is -0.360 e. The molecule has 26 heavy (non-hydrogen) atoms. The van der Waals surface area contributed by atoms with Gasteiger partial charge in [-0.2, -0.15) is 0 Å². The molecule has 1 heterocycles. The molecule has 1 fully saturated rings. The van der Waals surface area contributed by atoms with E-state index < -0.39 is 0 Å². The summed E-state index contributed by atoms with van der Waals surface area (Å²) >= 11 is 0. The Labute approximate surface area is 157 Å². The zero-order valence-corrected chi connectivity index (χ0v) is 16.5. The second kappa shape index (κ2) is 10.0. The molecule has 0 aromatic heterocycles. The molecule has 1 atom stereocenters. The van der Waals surface area contributed by atoms with Crippen molar-refractivity contribution in [1.82, 2.24) is 16.0 Å². The summed E-state index contributed by atoms with van der Waals surface area (Å²) < 4.78 is 0. The molecule has 1 unspecified atom stereocenters. The number of hydrogen-bond acceptors (Lipinski definition) is 3. The van der Waals surface area contributed by atoms with Crippen molar-refractivity contribution in [3.8, 4) is 0 Å². The van der Waals surface area contributed by atoms with E-state index in [2.05, 4.69) is 70.9 Å². The number of piperazine rings is 1. The normalized spacial score (nSPS) is 16.4. The van der Waals surface area contributed by atoms with Crippen molar-refractivity contribution in [3.05, 3.63) is 29.8 Å². The van der Waals surface area contributed by atoms with Gasteiger partial charge in [0.1, 0.15) is 0 Å². The van der Waals surface area contributed by atoms with Gasteiger partial charge in [-0.15, -0.1) is 0 Å². The Kier molecular flexibility index (Phi) is 7.75. The first-order chi connectivity index (χ1) is 12.5. The highest BCUT2D eigenvalue weighted by Gasteiger charge is 2.16. The lowest BCUT2D eigenvalue weighted by atomic mass is 10.0. The van der Waals surface area contributed by atoms with Gasteiger partial charge in [0.05, 0.1) is 6.54 Å². The van der Waals surface area contributed by atoms with Crippen molar-refractivity contribution in [2.45, 2.75) is 46.2 Å². The zero-order valence-electron chi connectivity index (χ0n) is 16.5. The standard InChI is InChI=1S/C20H33N5O/c1-15(2)5-6-16(3)24-20(21-4)23-13-17-7-9-18(10-8-17)25-12-11-22-19(26)14-25/h7-10,15-16H,5-6,11-14H2,1-4H3,(H,22,26)(H2,21,23,24). The summed E-state index contributed by atoms with van der Waals surface area (Å²) in [6.07, 6.45) is 2.34. The molecular weight excluding hydrogens is 326 g/mol. The van der Waals surface area contributed by atoms with Crippen LogP contribution in [0.25, 0.3) is 0 Å². The minimum absolute atomic E-state index is 0.0865. The maximum absolute atomic E-state index is 11.5. The highest BCUT2D eigenvalue weighted by atomic mass is 16.2. The number of nitrogens with zero attached hydrogens (tertiary/aromatic N) is 2. The average molecular weight is 360 g/mol. The van der Waals surface area contributed by atoms with Crippen LogP contribution >= 0.6 is 0 Å². The van der Waals surface area contributed by atoms with E-state index in [1.807, 2.05) is 0 Å². The highest BCUT2D eigenvalue weighted by molar-refractivity contribution is 5.82. The van der Waals surface area contributed by atoms with Crippen molar-refractivity contribution in [2.75, 3.05) is 31.6 Å². The molecule has 6 nitrogen and oxygen atoms in total. The van der Waals surface area contributed by atoms with Crippen LogP contribution in [0.5, 0.6) is 0 Å². The molecule has 0 spiro atoms. The van der Waals surface area contributed by atoms with Crippen molar-refractivity contribution in [3.63, 3.8) is 0 Å². The fourth-order valence-corrected chi connectivity index (χ4v) is 2.95. The summed E-state index contributed by atoms with van der Waals surface area (Å²) in [4.78, 5) is 17.9. The van der Waals surface area contributed by atoms with Gasteiger partial charge in [-0.3, -0.25) is 9.79 Å². The fourth-order valence-electron chi connectivity index (χ4n) is 2.95. The van der Waals surface area contributed by atoms with E-state index in [9.17, 15) is 4.79 Å². The molecule has 3 N–H and O–H groups in total. The van der Waals surface area contributed by atoms with E-state index in [0.717, 1.165) is 37.1 Å². The van der Waals surface area contributed by atoms with Gasteiger partial charge >= 0.3 is 0 Å². The summed E-state index contributed by atoms with van der Waals surface area (Å²) in [5, 5.41) is 9.67. The van der Waals surface area contributed by atoms with Gasteiger partial charge < -0.3 is 20.9 Å². The molecule has 1 aromatic carbocycles. The Balaban J connectivity index is 1.81. The summed E-state index contributed by atoms with van der Waals surface area (Å²) in [5.74, 6) is 1.64. The highest BCUT2D eigenvalue weighted by Crippen LogP contribution is 2.16. The molecule has 1 aromatic rings. The summed E-state index contributed by atoms with van der Waals surface area (Å²) in [7, 11) is 1.80. The third-order valence-electron chi connectivity index (χ3n) is 4.58. The first kappa shape index (κ1) is 20.1. The van der Waals surface area contributed by atoms with Gasteiger partial charge in [-0.1, -0.05) is 26.0 Å². The minimum atomic E-state index is 0.0865. The van der Waals surface area contributed by atoms with E-state index in [4.69, 9.17) is 0 Å². The molecule has 0 radical (unpaired) electrons. The molecule has 1 amide bonds. The van der Waals surface area contributed by atoms with Crippen LogP contribution in [0.4, 0.5) is 5.69 Å². The van der Waals surface area contributed by atoms with Crippen LogP contribution in [0, 0.1) is 5.92 Å². The smallest absolute Gasteiger partial charge is 0.239 e. The summed E-state index contributed by atoms with van der Waals surface area (Å²) in [6.45, 7) is 9.41. The van der Waals surface area contributed by atoms with Crippen LogP contribution < -0.4 is 20.9 Å². The predicted octanol–water partition coefficient (Wildman–Crippen LogP) is 2.11. The van der Waals surface area contributed by atoms with Crippen molar-refractivity contribution in [1.29, 1.82) is 0 Å². The van der Waals surface area contributed by atoms with Crippen molar-refractivity contribution < 1.29 is 4.79 Å². The van der Waals surface area contributed by atoms with Crippen molar-refractivity contribution in [2.24, 2.45) is 10.9 Å². The number of aliphatic imine (C=N–C) groups is 1. The third kappa shape index (κ3) is 6.58. The maximum atomic E-state index is 11.5. The monoisotopic (exact) mass is 359 g/mol. The largest absolute Gasteiger partial charge is 0.360 e. The van der Waals surface area contributed by atoms with Gasteiger partial charge in [0.25, 0.3) is 0 Å². The van der Waals surface area contributed by atoms with E-state index in [0.29, 0.717) is 19.1 Å². The molecule has 1 saturated heterocycles. The molecule has 1 aliphatic heterocycles. The zero-order chi connectivity index (χ0) is 18.9. The number of hydrogen-bond donors (Lipinski definition) is 3. The lowest BCUT2D eigenvalue weighted by molar-refractivity contribution is -0.120. The molecule has 2 rings (SSSR count). The molecular formula is C20H33N5O. The summed E-state index contributed by atoms with van der Waals surface area (Å²) in [6, 6.07) is 8.76. The van der Waals surface area contributed by atoms with Crippen LogP contribution in [-0.4, -0.2) is 44.6 Å².